The fraction of sp³-hybridized carbons (Fsp3) is 0.0870. The molecule has 2 aromatic carbocycles. The van der Waals surface area contributed by atoms with Crippen LogP contribution in [0.3, 0.4) is 0 Å². The number of hydrogen-bond donors (Lipinski definition) is 1. The molecule has 2 aromatic heterocycles. The second-order valence-corrected chi connectivity index (χ2v) is 8.47. The average Bonchev–Trinajstić information content (AvgIpc) is 3.20. The number of methoxy groups -OCH3 is 2. The van der Waals surface area contributed by atoms with E-state index in [0.29, 0.717) is 32.3 Å². The van der Waals surface area contributed by atoms with Crippen molar-refractivity contribution in [2.45, 2.75) is 0 Å². The van der Waals surface area contributed by atoms with Crippen molar-refractivity contribution in [3.8, 4) is 16.9 Å². The number of rotatable bonds is 5. The highest BCUT2D eigenvalue weighted by atomic mass is 35.5. The summed E-state index contributed by atoms with van der Waals surface area (Å²) in [7, 11) is 2.68. The Labute approximate surface area is 201 Å². The first-order valence-electron chi connectivity index (χ1n) is 9.41. The number of amides is 1. The summed E-state index contributed by atoms with van der Waals surface area (Å²) in [5.74, 6) is -1.05. The molecule has 10 heteroatoms. The molecule has 0 saturated carbocycles. The van der Waals surface area contributed by atoms with E-state index in [1.165, 1.54) is 20.3 Å². The topological polar surface area (TPSA) is 94.8 Å². The molecule has 0 atom stereocenters. The van der Waals surface area contributed by atoms with E-state index in [2.05, 4.69) is 5.32 Å². The second-order valence-electron chi connectivity index (χ2n) is 6.75. The molecule has 33 heavy (non-hydrogen) atoms. The minimum absolute atomic E-state index is 0.104. The van der Waals surface area contributed by atoms with Gasteiger partial charge in [-0.05, 0) is 24.3 Å². The number of anilines is 1. The van der Waals surface area contributed by atoms with Crippen LogP contribution < -0.4 is 15.7 Å². The van der Waals surface area contributed by atoms with Crippen LogP contribution in [0.5, 0.6) is 5.75 Å². The maximum atomic E-state index is 13.0. The van der Waals surface area contributed by atoms with Gasteiger partial charge in [-0.1, -0.05) is 41.4 Å². The van der Waals surface area contributed by atoms with Gasteiger partial charge in [-0.2, -0.15) is 0 Å². The summed E-state index contributed by atoms with van der Waals surface area (Å²) in [6.45, 7) is 0. The van der Waals surface area contributed by atoms with E-state index < -0.39 is 17.5 Å². The number of carbonyl (C=O) groups is 2. The van der Waals surface area contributed by atoms with Gasteiger partial charge in [0.25, 0.3) is 5.91 Å². The van der Waals surface area contributed by atoms with Crippen LogP contribution in [0.4, 0.5) is 5.00 Å². The normalized spacial score (nSPS) is 10.8. The van der Waals surface area contributed by atoms with Crippen LogP contribution in [0.25, 0.3) is 22.1 Å². The molecular formula is C23H15Cl2NO6S. The molecule has 0 bridgehead atoms. The maximum Gasteiger partial charge on any atom is 0.349 e. The zero-order valence-corrected chi connectivity index (χ0v) is 19.6. The number of nitrogens with one attached hydrogen (secondary N) is 1. The average molecular weight is 504 g/mol. The molecule has 0 aliphatic heterocycles. The van der Waals surface area contributed by atoms with Crippen molar-refractivity contribution < 1.29 is 23.5 Å². The van der Waals surface area contributed by atoms with Gasteiger partial charge in [-0.3, -0.25) is 4.79 Å². The van der Waals surface area contributed by atoms with Crippen molar-refractivity contribution in [3.63, 3.8) is 0 Å². The Morgan fingerprint density at radius 3 is 2.55 bits per heavy atom. The molecule has 168 valence electrons. The highest BCUT2D eigenvalue weighted by molar-refractivity contribution is 7.15. The van der Waals surface area contributed by atoms with Crippen molar-refractivity contribution in [1.82, 2.24) is 0 Å². The molecule has 1 amide bonds. The number of para-hydroxylation sites is 1. The molecule has 0 aliphatic rings. The van der Waals surface area contributed by atoms with Crippen molar-refractivity contribution >= 4 is 62.4 Å². The highest BCUT2D eigenvalue weighted by Crippen LogP contribution is 2.40. The molecule has 0 aliphatic carbocycles. The summed E-state index contributed by atoms with van der Waals surface area (Å²) in [5, 5.41) is 5.74. The third kappa shape index (κ3) is 4.32. The van der Waals surface area contributed by atoms with E-state index in [1.54, 1.807) is 41.8 Å². The van der Waals surface area contributed by atoms with Gasteiger partial charge >= 0.3 is 11.6 Å². The van der Waals surface area contributed by atoms with Crippen LogP contribution in [0.1, 0.15) is 20.7 Å². The molecule has 2 heterocycles. The number of thiophene rings is 1. The standard InChI is InChI=1S/C23H15Cl2NO6S/c1-30-17-5-3-4-11-8-14(22(28)32-19(11)17)20(27)26-21-18(23(29)31-2)15(10-33-21)13-7-6-12(24)9-16(13)25/h3-10H,1-2H3,(H,26,27). The zero-order chi connectivity index (χ0) is 23.7. The van der Waals surface area contributed by atoms with Crippen LogP contribution >= 0.6 is 34.5 Å². The third-order valence-electron chi connectivity index (χ3n) is 4.82. The van der Waals surface area contributed by atoms with E-state index in [-0.39, 0.29) is 21.7 Å². The minimum Gasteiger partial charge on any atom is -0.493 e. The van der Waals surface area contributed by atoms with Crippen LogP contribution in [0.15, 0.2) is 57.1 Å². The zero-order valence-electron chi connectivity index (χ0n) is 17.2. The Kier molecular flexibility index (Phi) is 6.42. The van der Waals surface area contributed by atoms with Gasteiger partial charge in [-0.25, -0.2) is 9.59 Å². The first kappa shape index (κ1) is 22.8. The molecule has 4 aromatic rings. The number of esters is 1. The predicted molar refractivity (Wildman–Crippen MR) is 128 cm³/mol. The third-order valence-corrected chi connectivity index (χ3v) is 6.26. The Hall–Kier alpha value is -3.33. The monoisotopic (exact) mass is 503 g/mol. The fourth-order valence-electron chi connectivity index (χ4n) is 3.27. The molecule has 0 saturated heterocycles. The van der Waals surface area contributed by atoms with E-state index in [0.717, 1.165) is 11.3 Å². The minimum atomic E-state index is -0.846. The number of benzene rings is 2. The first-order valence-corrected chi connectivity index (χ1v) is 11.0. The van der Waals surface area contributed by atoms with Crippen molar-refractivity contribution in [2.75, 3.05) is 19.5 Å². The van der Waals surface area contributed by atoms with Crippen molar-refractivity contribution in [1.29, 1.82) is 0 Å². The van der Waals surface area contributed by atoms with Gasteiger partial charge in [0, 0.05) is 31.9 Å². The summed E-state index contributed by atoms with van der Waals surface area (Å²) in [6, 6.07) is 11.3. The van der Waals surface area contributed by atoms with E-state index >= 15 is 0 Å². The van der Waals surface area contributed by atoms with Crippen LogP contribution in [-0.4, -0.2) is 26.1 Å². The molecule has 1 N–H and O–H groups in total. The van der Waals surface area contributed by atoms with E-state index in [1.807, 2.05) is 0 Å². The number of fused-ring (bicyclic) bond motifs is 1. The predicted octanol–water partition coefficient (Wildman–Crippen LogP) is 5.88. The SMILES string of the molecule is COC(=O)c1c(-c2ccc(Cl)cc2Cl)csc1NC(=O)c1cc2cccc(OC)c2oc1=O. The van der Waals surface area contributed by atoms with Crippen LogP contribution in [0.2, 0.25) is 10.0 Å². The molecular weight excluding hydrogens is 489 g/mol. The fourth-order valence-corrected chi connectivity index (χ4v) is 4.72. The highest BCUT2D eigenvalue weighted by Gasteiger charge is 2.25. The summed E-state index contributed by atoms with van der Waals surface area (Å²) in [5.41, 5.74) is 0.252. The van der Waals surface area contributed by atoms with Gasteiger partial charge in [0.2, 0.25) is 0 Å². The smallest absolute Gasteiger partial charge is 0.349 e. The van der Waals surface area contributed by atoms with Crippen LogP contribution in [0, 0.1) is 0 Å². The molecule has 0 fully saturated rings. The van der Waals surface area contributed by atoms with Crippen LogP contribution in [-0.2, 0) is 4.74 Å². The lowest BCUT2D eigenvalue weighted by molar-refractivity contribution is 0.0603. The van der Waals surface area contributed by atoms with E-state index in [9.17, 15) is 14.4 Å². The van der Waals surface area contributed by atoms with Gasteiger partial charge in [0.05, 0.1) is 14.2 Å². The summed E-state index contributed by atoms with van der Waals surface area (Å²) < 4.78 is 15.4. The lowest BCUT2D eigenvalue weighted by atomic mass is 10.0. The quantitative estimate of drug-likeness (QED) is 0.270. The lowest BCUT2D eigenvalue weighted by Crippen LogP contribution is -2.21. The van der Waals surface area contributed by atoms with E-state index in [4.69, 9.17) is 37.1 Å². The Morgan fingerprint density at radius 1 is 1.06 bits per heavy atom. The second kappa shape index (κ2) is 9.27. The summed E-state index contributed by atoms with van der Waals surface area (Å²) in [6.07, 6.45) is 0. The number of halogens is 2. The summed E-state index contributed by atoms with van der Waals surface area (Å²) >= 11 is 13.4. The van der Waals surface area contributed by atoms with Gasteiger partial charge < -0.3 is 19.2 Å². The molecule has 4 rings (SSSR count). The number of hydrogen-bond acceptors (Lipinski definition) is 7. The number of ether oxygens (including phenoxy) is 2. The van der Waals surface area contributed by atoms with Gasteiger partial charge in [-0.15, -0.1) is 11.3 Å². The largest absolute Gasteiger partial charge is 0.493 e. The lowest BCUT2D eigenvalue weighted by Gasteiger charge is -2.09. The van der Waals surface area contributed by atoms with Gasteiger partial charge in [0.1, 0.15) is 16.1 Å². The molecule has 0 spiro atoms. The van der Waals surface area contributed by atoms with Crippen molar-refractivity contribution in [2.24, 2.45) is 0 Å². The first-order chi connectivity index (χ1) is 15.8. The molecule has 0 unspecified atom stereocenters. The van der Waals surface area contributed by atoms with Gasteiger partial charge in [0.15, 0.2) is 11.3 Å². The number of carbonyl (C=O) groups excluding carboxylic acids is 2. The molecule has 0 radical (unpaired) electrons. The summed E-state index contributed by atoms with van der Waals surface area (Å²) in [4.78, 5) is 38.0. The molecule has 7 nitrogen and oxygen atoms in total. The maximum absolute atomic E-state index is 13.0. The Bertz CT molecular complexity index is 1460. The van der Waals surface area contributed by atoms with Crippen molar-refractivity contribution in [3.05, 3.63) is 79.4 Å². The Morgan fingerprint density at radius 2 is 1.85 bits per heavy atom. The Balaban J connectivity index is 1.76.